The van der Waals surface area contributed by atoms with E-state index in [1.54, 1.807) is 44.5 Å². The van der Waals surface area contributed by atoms with Gasteiger partial charge in [0.15, 0.2) is 0 Å². The van der Waals surface area contributed by atoms with Crippen molar-refractivity contribution in [3.8, 4) is 5.75 Å². The molecule has 2 fully saturated rings. The van der Waals surface area contributed by atoms with E-state index in [1.165, 1.54) is 0 Å². The minimum absolute atomic E-state index is 0.235. The van der Waals surface area contributed by atoms with Crippen LogP contribution >= 0.6 is 0 Å². The van der Waals surface area contributed by atoms with Crippen molar-refractivity contribution in [1.29, 1.82) is 0 Å². The lowest BCUT2D eigenvalue weighted by Crippen LogP contribution is -2.43. The Labute approximate surface area is 191 Å². The van der Waals surface area contributed by atoms with E-state index in [-0.39, 0.29) is 13.1 Å². The number of pyridine rings is 1. The first-order chi connectivity index (χ1) is 15.9. The van der Waals surface area contributed by atoms with Crippen molar-refractivity contribution in [3.63, 3.8) is 0 Å². The second kappa shape index (κ2) is 9.45. The number of ether oxygens (including phenoxy) is 2. The van der Waals surface area contributed by atoms with Crippen molar-refractivity contribution in [2.24, 2.45) is 0 Å². The lowest BCUT2D eigenvalue weighted by atomic mass is 9.92. The molecule has 174 valence electrons. The van der Waals surface area contributed by atoms with Gasteiger partial charge in [0.05, 0.1) is 20.3 Å². The Bertz CT molecular complexity index is 1040. The zero-order valence-electron chi connectivity index (χ0n) is 18.7. The summed E-state index contributed by atoms with van der Waals surface area (Å²) in [6, 6.07) is 9.97. The van der Waals surface area contributed by atoms with Crippen molar-refractivity contribution in [2.45, 2.75) is 19.0 Å². The van der Waals surface area contributed by atoms with Gasteiger partial charge in [0.25, 0.3) is 5.91 Å². The van der Waals surface area contributed by atoms with Gasteiger partial charge in [-0.1, -0.05) is 18.2 Å². The number of amides is 4. The summed E-state index contributed by atoms with van der Waals surface area (Å²) in [4.78, 5) is 45.7. The molecule has 4 rings (SSSR count). The van der Waals surface area contributed by atoms with Gasteiger partial charge in [-0.3, -0.25) is 14.5 Å². The van der Waals surface area contributed by atoms with Crippen LogP contribution in [0.3, 0.4) is 0 Å². The number of nitrogens with zero attached hydrogens (tertiary/aromatic N) is 3. The molecule has 0 saturated carbocycles. The molecule has 2 N–H and O–H groups in total. The third-order valence-electron chi connectivity index (χ3n) is 5.90. The van der Waals surface area contributed by atoms with Gasteiger partial charge in [-0.05, 0) is 30.7 Å². The van der Waals surface area contributed by atoms with E-state index in [0.717, 1.165) is 29.4 Å². The molecule has 0 bridgehead atoms. The number of morpholine rings is 1. The molecule has 0 aliphatic carbocycles. The normalized spacial score (nSPS) is 20.5. The molecule has 0 radical (unpaired) electrons. The average molecular weight is 453 g/mol. The molecule has 1 aromatic carbocycles. The van der Waals surface area contributed by atoms with Gasteiger partial charge in [0, 0.05) is 31.4 Å². The van der Waals surface area contributed by atoms with Gasteiger partial charge < -0.3 is 25.0 Å². The van der Waals surface area contributed by atoms with Crippen molar-refractivity contribution in [1.82, 2.24) is 20.5 Å². The first kappa shape index (κ1) is 22.5. The summed E-state index contributed by atoms with van der Waals surface area (Å²) in [7, 11) is 1.55. The number of benzene rings is 1. The zero-order valence-corrected chi connectivity index (χ0v) is 18.7. The Morgan fingerprint density at radius 3 is 2.64 bits per heavy atom. The maximum absolute atomic E-state index is 13.1. The molecule has 3 heterocycles. The first-order valence-electron chi connectivity index (χ1n) is 10.7. The Hall–Kier alpha value is -3.66. The fraction of sp³-hybridized carbons (Fsp3) is 0.391. The monoisotopic (exact) mass is 453 g/mol. The molecule has 1 aromatic heterocycles. The molecular weight excluding hydrogens is 426 g/mol. The Kier molecular flexibility index (Phi) is 6.45. The SMILES string of the molecule is COc1ccc(C2(C)NC(=O)N(CC(=O)NCc3cccnc3N3CCOCC3)C2=O)cc1. The van der Waals surface area contributed by atoms with Crippen molar-refractivity contribution in [3.05, 3.63) is 53.7 Å². The van der Waals surface area contributed by atoms with Crippen LogP contribution < -0.4 is 20.3 Å². The number of hydrogen-bond acceptors (Lipinski definition) is 7. The van der Waals surface area contributed by atoms with Gasteiger partial charge >= 0.3 is 6.03 Å². The fourth-order valence-corrected chi connectivity index (χ4v) is 3.98. The second-order valence-electron chi connectivity index (χ2n) is 8.04. The number of urea groups is 1. The summed E-state index contributed by atoms with van der Waals surface area (Å²) in [5.41, 5.74) is 0.208. The standard InChI is InChI=1S/C23H27N5O5/c1-23(17-5-7-18(32-2)8-6-17)21(30)28(22(31)26-23)15-19(29)25-14-16-4-3-9-24-20(16)27-10-12-33-13-11-27/h3-9H,10-15H2,1-2H3,(H,25,29)(H,26,31). The summed E-state index contributed by atoms with van der Waals surface area (Å²) < 4.78 is 10.5. The van der Waals surface area contributed by atoms with E-state index in [2.05, 4.69) is 20.5 Å². The van der Waals surface area contributed by atoms with Crippen LogP contribution in [0.2, 0.25) is 0 Å². The first-order valence-corrected chi connectivity index (χ1v) is 10.7. The van der Waals surface area contributed by atoms with Gasteiger partial charge in [0.1, 0.15) is 23.7 Å². The summed E-state index contributed by atoms with van der Waals surface area (Å²) in [6.45, 7) is 4.19. The Morgan fingerprint density at radius 1 is 1.21 bits per heavy atom. The maximum atomic E-state index is 13.1. The third-order valence-corrected chi connectivity index (χ3v) is 5.90. The second-order valence-corrected chi connectivity index (χ2v) is 8.04. The highest BCUT2D eigenvalue weighted by molar-refractivity contribution is 6.09. The highest BCUT2D eigenvalue weighted by Crippen LogP contribution is 2.30. The third kappa shape index (κ3) is 4.61. The van der Waals surface area contributed by atoms with Crippen LogP contribution in [-0.4, -0.2) is 67.7 Å². The van der Waals surface area contributed by atoms with Gasteiger partial charge in [0.2, 0.25) is 5.91 Å². The van der Waals surface area contributed by atoms with Crippen LogP contribution in [0.1, 0.15) is 18.1 Å². The molecule has 4 amide bonds. The predicted molar refractivity (Wildman–Crippen MR) is 120 cm³/mol. The van der Waals surface area contributed by atoms with Gasteiger partial charge in [-0.25, -0.2) is 9.78 Å². The summed E-state index contributed by atoms with van der Waals surface area (Å²) >= 11 is 0. The minimum atomic E-state index is -1.25. The van der Waals surface area contributed by atoms with Crippen LogP contribution in [0, 0.1) is 0 Å². The van der Waals surface area contributed by atoms with E-state index in [1.807, 2.05) is 12.1 Å². The Morgan fingerprint density at radius 2 is 1.94 bits per heavy atom. The van der Waals surface area contributed by atoms with Crippen molar-refractivity contribution < 1.29 is 23.9 Å². The van der Waals surface area contributed by atoms with E-state index in [9.17, 15) is 14.4 Å². The molecule has 10 nitrogen and oxygen atoms in total. The van der Waals surface area contributed by atoms with E-state index >= 15 is 0 Å². The molecule has 10 heteroatoms. The van der Waals surface area contributed by atoms with Crippen LogP contribution in [0.5, 0.6) is 5.75 Å². The lowest BCUT2D eigenvalue weighted by molar-refractivity contribution is -0.134. The molecule has 2 aromatic rings. The lowest BCUT2D eigenvalue weighted by Gasteiger charge is -2.29. The molecule has 2 aliphatic heterocycles. The maximum Gasteiger partial charge on any atom is 0.325 e. The Balaban J connectivity index is 1.40. The minimum Gasteiger partial charge on any atom is -0.497 e. The van der Waals surface area contributed by atoms with E-state index in [4.69, 9.17) is 9.47 Å². The smallest absolute Gasteiger partial charge is 0.325 e. The molecule has 2 saturated heterocycles. The molecule has 1 unspecified atom stereocenters. The topological polar surface area (TPSA) is 113 Å². The van der Waals surface area contributed by atoms with Crippen molar-refractivity contribution >= 4 is 23.7 Å². The summed E-state index contributed by atoms with van der Waals surface area (Å²) in [6.07, 6.45) is 1.71. The molecule has 1 atom stereocenters. The van der Waals surface area contributed by atoms with Crippen LogP contribution in [0.15, 0.2) is 42.6 Å². The van der Waals surface area contributed by atoms with Crippen LogP contribution in [0.4, 0.5) is 10.6 Å². The van der Waals surface area contributed by atoms with Crippen LogP contribution in [-0.2, 0) is 26.4 Å². The van der Waals surface area contributed by atoms with Gasteiger partial charge in [-0.15, -0.1) is 0 Å². The quantitative estimate of drug-likeness (QED) is 0.602. The number of methoxy groups -OCH3 is 1. The van der Waals surface area contributed by atoms with E-state index in [0.29, 0.717) is 24.5 Å². The highest BCUT2D eigenvalue weighted by Gasteiger charge is 2.49. The zero-order chi connectivity index (χ0) is 23.4. The largest absolute Gasteiger partial charge is 0.497 e. The number of imide groups is 1. The molecule has 0 spiro atoms. The van der Waals surface area contributed by atoms with Gasteiger partial charge in [-0.2, -0.15) is 0 Å². The number of nitrogens with one attached hydrogen (secondary N) is 2. The molecule has 33 heavy (non-hydrogen) atoms. The number of aromatic nitrogens is 1. The number of anilines is 1. The average Bonchev–Trinajstić information content (AvgIpc) is 3.07. The fourth-order valence-electron chi connectivity index (χ4n) is 3.98. The highest BCUT2D eigenvalue weighted by atomic mass is 16.5. The number of carbonyl (C=O) groups excluding carboxylic acids is 3. The number of rotatable bonds is 7. The van der Waals surface area contributed by atoms with Crippen molar-refractivity contribution in [2.75, 3.05) is 44.9 Å². The molecule has 2 aliphatic rings. The summed E-state index contributed by atoms with van der Waals surface area (Å²) in [5, 5.41) is 5.50. The number of hydrogen-bond donors (Lipinski definition) is 2. The molecular formula is C23H27N5O5. The van der Waals surface area contributed by atoms with Crippen LogP contribution in [0.25, 0.3) is 0 Å². The summed E-state index contributed by atoms with van der Waals surface area (Å²) in [5.74, 6) is 0.517. The number of carbonyl (C=O) groups is 3. The predicted octanol–water partition coefficient (Wildman–Crippen LogP) is 1.01. The van der Waals surface area contributed by atoms with E-state index < -0.39 is 23.4 Å².